The van der Waals surface area contributed by atoms with E-state index in [4.69, 9.17) is 11.6 Å². The molecular weight excluding hydrogens is 583 g/mol. The third-order valence-corrected chi connectivity index (χ3v) is 9.63. The van der Waals surface area contributed by atoms with Crippen molar-refractivity contribution in [3.63, 3.8) is 0 Å². The third kappa shape index (κ3) is 5.94. The molecule has 1 unspecified atom stereocenters. The van der Waals surface area contributed by atoms with Gasteiger partial charge in [0.25, 0.3) is 10.0 Å². The fourth-order valence-corrected chi connectivity index (χ4v) is 7.17. The van der Waals surface area contributed by atoms with Gasteiger partial charge in [0.1, 0.15) is 10.7 Å². The average Bonchev–Trinajstić information content (AvgIpc) is 3.48. The SMILES string of the molecule is O=S(=O)(c1cccnc1)n1cc(CN/C=C(\CCl)N2Cc3ccccc3C(c3ccccc3)C2)cc1-c1ccccc1F. The largest absolute Gasteiger partial charge is 0.385 e. The molecular formula is C34H30ClFN4O2S. The lowest BCUT2D eigenvalue weighted by molar-refractivity contribution is 0.304. The standard InChI is InChI=1S/C34H30ClFN4O2S/c35-18-28(39-23-27-11-4-5-13-30(27)32(24-39)26-9-2-1-3-10-26)20-38-19-25-17-34(31-14-6-7-15-33(31)36)40(22-25)43(41,42)29-12-8-16-37-21-29/h1-17,20-22,32,38H,18-19,23-24H2/b28-20+. The van der Waals surface area contributed by atoms with Crippen molar-refractivity contribution in [3.05, 3.63) is 156 Å². The van der Waals surface area contributed by atoms with Gasteiger partial charge >= 0.3 is 0 Å². The van der Waals surface area contributed by atoms with Crippen LogP contribution in [0.5, 0.6) is 0 Å². The number of hydrogen-bond donors (Lipinski definition) is 1. The molecule has 0 fully saturated rings. The molecule has 0 bridgehead atoms. The number of halogens is 2. The number of nitrogens with one attached hydrogen (secondary N) is 1. The first-order chi connectivity index (χ1) is 21.0. The van der Waals surface area contributed by atoms with Crippen LogP contribution in [-0.2, 0) is 23.1 Å². The molecule has 0 amide bonds. The molecule has 218 valence electrons. The van der Waals surface area contributed by atoms with Crippen molar-refractivity contribution in [2.75, 3.05) is 12.4 Å². The van der Waals surface area contributed by atoms with Gasteiger partial charge < -0.3 is 10.2 Å². The number of benzene rings is 3. The predicted molar refractivity (Wildman–Crippen MR) is 167 cm³/mol. The number of nitrogens with zero attached hydrogens (tertiary/aromatic N) is 3. The quantitative estimate of drug-likeness (QED) is 0.187. The van der Waals surface area contributed by atoms with Crippen LogP contribution in [0.1, 0.15) is 28.2 Å². The van der Waals surface area contributed by atoms with Crippen molar-refractivity contribution in [2.24, 2.45) is 0 Å². The molecule has 1 atom stereocenters. The lowest BCUT2D eigenvalue weighted by Gasteiger charge is -2.37. The summed E-state index contributed by atoms with van der Waals surface area (Å²) in [6.07, 6.45) is 6.20. The number of hydrogen-bond acceptors (Lipinski definition) is 5. The minimum atomic E-state index is -4.02. The highest BCUT2D eigenvalue weighted by atomic mass is 35.5. The first-order valence-corrected chi connectivity index (χ1v) is 15.9. The van der Waals surface area contributed by atoms with Gasteiger partial charge in [-0.2, -0.15) is 0 Å². The number of alkyl halides is 1. The summed E-state index contributed by atoms with van der Waals surface area (Å²) in [6.45, 7) is 1.82. The molecule has 0 saturated carbocycles. The van der Waals surface area contributed by atoms with Crippen molar-refractivity contribution in [2.45, 2.75) is 23.9 Å². The highest BCUT2D eigenvalue weighted by molar-refractivity contribution is 7.90. The molecule has 43 heavy (non-hydrogen) atoms. The molecule has 0 saturated heterocycles. The highest BCUT2D eigenvalue weighted by Crippen LogP contribution is 2.35. The van der Waals surface area contributed by atoms with E-state index in [0.717, 1.165) is 22.8 Å². The van der Waals surface area contributed by atoms with Crippen molar-refractivity contribution < 1.29 is 12.8 Å². The summed E-state index contributed by atoms with van der Waals surface area (Å²) in [4.78, 5) is 6.26. The van der Waals surface area contributed by atoms with Crippen LogP contribution in [0.3, 0.4) is 0 Å². The van der Waals surface area contributed by atoms with Gasteiger partial charge in [-0.15, -0.1) is 11.6 Å². The van der Waals surface area contributed by atoms with E-state index in [-0.39, 0.29) is 22.1 Å². The number of pyridine rings is 1. The monoisotopic (exact) mass is 612 g/mol. The third-order valence-electron chi connectivity index (χ3n) is 7.70. The van der Waals surface area contributed by atoms with Crippen LogP contribution in [0.25, 0.3) is 11.3 Å². The van der Waals surface area contributed by atoms with Crippen molar-refractivity contribution in [1.29, 1.82) is 0 Å². The zero-order valence-corrected chi connectivity index (χ0v) is 24.8. The summed E-state index contributed by atoms with van der Waals surface area (Å²) < 4.78 is 43.1. The molecule has 0 aliphatic carbocycles. The van der Waals surface area contributed by atoms with Gasteiger partial charge in [-0.3, -0.25) is 4.98 Å². The maximum absolute atomic E-state index is 14.9. The highest BCUT2D eigenvalue weighted by Gasteiger charge is 2.27. The van der Waals surface area contributed by atoms with E-state index in [0.29, 0.717) is 18.0 Å². The molecule has 9 heteroatoms. The van der Waals surface area contributed by atoms with Gasteiger partial charge in [0.15, 0.2) is 0 Å². The van der Waals surface area contributed by atoms with E-state index in [2.05, 4.69) is 63.7 Å². The second-order valence-electron chi connectivity index (χ2n) is 10.4. The maximum Gasteiger partial charge on any atom is 0.269 e. The van der Waals surface area contributed by atoms with E-state index in [1.54, 1.807) is 30.3 Å². The van der Waals surface area contributed by atoms with Crippen LogP contribution < -0.4 is 5.32 Å². The van der Waals surface area contributed by atoms with Crippen LogP contribution >= 0.6 is 11.6 Å². The molecule has 1 N–H and O–H groups in total. The predicted octanol–water partition coefficient (Wildman–Crippen LogP) is 6.74. The van der Waals surface area contributed by atoms with E-state index >= 15 is 0 Å². The molecule has 2 aromatic heterocycles. The Morgan fingerprint density at radius 2 is 1.77 bits per heavy atom. The zero-order chi connectivity index (χ0) is 29.8. The second kappa shape index (κ2) is 12.5. The van der Waals surface area contributed by atoms with Crippen molar-refractivity contribution >= 4 is 21.6 Å². The lowest BCUT2D eigenvalue weighted by atomic mass is 9.84. The van der Waals surface area contributed by atoms with Crippen molar-refractivity contribution in [3.8, 4) is 11.3 Å². The molecule has 3 heterocycles. The number of aromatic nitrogens is 2. The van der Waals surface area contributed by atoms with Crippen LogP contribution in [0.2, 0.25) is 0 Å². The van der Waals surface area contributed by atoms with Gasteiger partial charge in [0.05, 0.1) is 11.6 Å². The molecule has 6 rings (SSSR count). The number of allylic oxidation sites excluding steroid dienone is 1. The molecule has 3 aromatic carbocycles. The average molecular weight is 613 g/mol. The fraction of sp³-hybridized carbons (Fsp3) is 0.147. The summed E-state index contributed by atoms with van der Waals surface area (Å²) in [7, 11) is -4.02. The summed E-state index contributed by atoms with van der Waals surface area (Å²) >= 11 is 6.48. The molecule has 1 aliphatic rings. The van der Waals surface area contributed by atoms with E-state index in [1.165, 1.54) is 47.4 Å². The smallest absolute Gasteiger partial charge is 0.269 e. The number of rotatable bonds is 9. The number of fused-ring (bicyclic) bond motifs is 1. The van der Waals surface area contributed by atoms with Crippen molar-refractivity contribution in [1.82, 2.24) is 19.2 Å². The Kier molecular flexibility index (Phi) is 8.31. The molecule has 1 aliphatic heterocycles. The Morgan fingerprint density at radius 3 is 2.53 bits per heavy atom. The normalized spacial score (nSPS) is 15.3. The lowest BCUT2D eigenvalue weighted by Crippen LogP contribution is -2.34. The minimum Gasteiger partial charge on any atom is -0.385 e. The summed E-state index contributed by atoms with van der Waals surface area (Å²) in [6, 6.07) is 29.8. The first kappa shape index (κ1) is 28.7. The second-order valence-corrected chi connectivity index (χ2v) is 12.5. The first-order valence-electron chi connectivity index (χ1n) is 13.9. The summed E-state index contributed by atoms with van der Waals surface area (Å²) in [5, 5.41) is 3.32. The van der Waals surface area contributed by atoms with E-state index in [1.807, 2.05) is 12.3 Å². The Hall–Kier alpha value is -4.40. The van der Waals surface area contributed by atoms with Gasteiger partial charge in [-0.1, -0.05) is 66.7 Å². The Morgan fingerprint density at radius 1 is 1.00 bits per heavy atom. The molecule has 0 spiro atoms. The summed E-state index contributed by atoms with van der Waals surface area (Å²) in [5.41, 5.74) is 5.85. The van der Waals surface area contributed by atoms with Crippen LogP contribution in [0.4, 0.5) is 4.39 Å². The van der Waals surface area contributed by atoms with Gasteiger partial charge in [-0.05, 0) is 52.6 Å². The van der Waals surface area contributed by atoms with Gasteiger partial charge in [-0.25, -0.2) is 16.8 Å². The Labute approximate surface area is 256 Å². The Balaban J connectivity index is 1.28. The maximum atomic E-state index is 14.9. The molecule has 6 nitrogen and oxygen atoms in total. The Bertz CT molecular complexity index is 1860. The van der Waals surface area contributed by atoms with Crippen LogP contribution in [0, 0.1) is 5.82 Å². The molecule has 0 radical (unpaired) electrons. The fourth-order valence-electron chi connectivity index (χ4n) is 5.57. The topological polar surface area (TPSA) is 67.2 Å². The van der Waals surface area contributed by atoms with Gasteiger partial charge in [0, 0.05) is 61.6 Å². The van der Waals surface area contributed by atoms with Crippen LogP contribution in [0.15, 0.2) is 132 Å². The molecule has 5 aromatic rings. The van der Waals surface area contributed by atoms with E-state index in [9.17, 15) is 12.8 Å². The minimum absolute atomic E-state index is 0.0189. The van der Waals surface area contributed by atoms with Crippen LogP contribution in [-0.4, -0.2) is 34.7 Å². The van der Waals surface area contributed by atoms with Gasteiger partial charge in [0.2, 0.25) is 0 Å². The zero-order valence-electron chi connectivity index (χ0n) is 23.3. The van der Waals surface area contributed by atoms with E-state index < -0.39 is 15.8 Å². The summed E-state index contributed by atoms with van der Waals surface area (Å²) in [5.74, 6) is -0.00804.